The highest BCUT2D eigenvalue weighted by Gasteiger charge is 2.26. The maximum atomic E-state index is 13.8. The van der Waals surface area contributed by atoms with Crippen LogP contribution in [0.3, 0.4) is 0 Å². The SMILES string of the molecule is CC1CCCN1c1c(F)cc(CN)cc1F. The van der Waals surface area contributed by atoms with Gasteiger partial charge in [-0.15, -0.1) is 0 Å². The van der Waals surface area contributed by atoms with Gasteiger partial charge in [-0.3, -0.25) is 0 Å². The van der Waals surface area contributed by atoms with Gasteiger partial charge in [0.1, 0.15) is 17.3 Å². The van der Waals surface area contributed by atoms with Gasteiger partial charge in [-0.2, -0.15) is 0 Å². The van der Waals surface area contributed by atoms with Crippen molar-refractivity contribution in [2.75, 3.05) is 11.4 Å². The highest BCUT2D eigenvalue weighted by atomic mass is 19.1. The second kappa shape index (κ2) is 4.37. The Morgan fingerprint density at radius 3 is 2.44 bits per heavy atom. The van der Waals surface area contributed by atoms with Gasteiger partial charge in [-0.1, -0.05) is 0 Å². The molecule has 0 spiro atoms. The van der Waals surface area contributed by atoms with Crippen molar-refractivity contribution in [3.05, 3.63) is 29.3 Å². The first-order valence-electron chi connectivity index (χ1n) is 5.58. The van der Waals surface area contributed by atoms with Crippen molar-refractivity contribution in [3.8, 4) is 0 Å². The van der Waals surface area contributed by atoms with E-state index in [1.54, 1.807) is 4.90 Å². The fraction of sp³-hybridized carbons (Fsp3) is 0.500. The number of halogens is 2. The van der Waals surface area contributed by atoms with E-state index >= 15 is 0 Å². The Hall–Kier alpha value is -1.16. The molecule has 88 valence electrons. The predicted molar refractivity (Wildman–Crippen MR) is 60.3 cm³/mol. The second-order valence-electron chi connectivity index (χ2n) is 4.30. The van der Waals surface area contributed by atoms with E-state index in [-0.39, 0.29) is 18.3 Å². The van der Waals surface area contributed by atoms with Crippen molar-refractivity contribution >= 4 is 5.69 Å². The van der Waals surface area contributed by atoms with Crippen molar-refractivity contribution in [3.63, 3.8) is 0 Å². The van der Waals surface area contributed by atoms with E-state index in [0.29, 0.717) is 5.56 Å². The lowest BCUT2D eigenvalue weighted by Gasteiger charge is -2.25. The highest BCUT2D eigenvalue weighted by Crippen LogP contribution is 2.31. The normalized spacial score (nSPS) is 20.5. The van der Waals surface area contributed by atoms with Crippen LogP contribution in [-0.4, -0.2) is 12.6 Å². The smallest absolute Gasteiger partial charge is 0.149 e. The molecule has 1 fully saturated rings. The molecular formula is C12H16F2N2. The molecule has 1 aromatic carbocycles. The average molecular weight is 226 g/mol. The minimum Gasteiger partial charge on any atom is -0.364 e. The molecule has 0 bridgehead atoms. The first kappa shape index (κ1) is 11.3. The number of rotatable bonds is 2. The quantitative estimate of drug-likeness (QED) is 0.839. The van der Waals surface area contributed by atoms with Crippen LogP contribution in [0.4, 0.5) is 14.5 Å². The van der Waals surface area contributed by atoms with Crippen molar-refractivity contribution in [1.29, 1.82) is 0 Å². The van der Waals surface area contributed by atoms with E-state index in [1.807, 2.05) is 6.92 Å². The van der Waals surface area contributed by atoms with Gasteiger partial charge in [0.15, 0.2) is 0 Å². The van der Waals surface area contributed by atoms with Crippen LogP contribution < -0.4 is 10.6 Å². The van der Waals surface area contributed by atoms with Gasteiger partial charge in [0.2, 0.25) is 0 Å². The molecule has 0 aromatic heterocycles. The van der Waals surface area contributed by atoms with Gasteiger partial charge in [0.25, 0.3) is 0 Å². The minimum absolute atomic E-state index is 0.0993. The molecule has 0 radical (unpaired) electrons. The number of anilines is 1. The molecule has 1 aromatic rings. The Morgan fingerprint density at radius 2 is 2.00 bits per heavy atom. The van der Waals surface area contributed by atoms with Crippen molar-refractivity contribution in [1.82, 2.24) is 0 Å². The van der Waals surface area contributed by atoms with E-state index in [0.717, 1.165) is 19.4 Å². The zero-order chi connectivity index (χ0) is 11.7. The lowest BCUT2D eigenvalue weighted by Crippen LogP contribution is -2.28. The summed E-state index contributed by atoms with van der Waals surface area (Å²) in [6, 6.07) is 2.85. The zero-order valence-corrected chi connectivity index (χ0v) is 9.34. The fourth-order valence-electron chi connectivity index (χ4n) is 2.28. The monoisotopic (exact) mass is 226 g/mol. The summed E-state index contributed by atoms with van der Waals surface area (Å²) in [5, 5.41) is 0. The van der Waals surface area contributed by atoms with Gasteiger partial charge in [-0.25, -0.2) is 8.78 Å². The number of hydrogen-bond donors (Lipinski definition) is 1. The molecule has 2 N–H and O–H groups in total. The lowest BCUT2D eigenvalue weighted by atomic mass is 10.1. The summed E-state index contributed by atoms with van der Waals surface area (Å²) >= 11 is 0. The van der Waals surface area contributed by atoms with E-state index in [2.05, 4.69) is 0 Å². The van der Waals surface area contributed by atoms with Crippen molar-refractivity contribution in [2.24, 2.45) is 5.73 Å². The topological polar surface area (TPSA) is 29.3 Å². The maximum Gasteiger partial charge on any atom is 0.149 e. The Labute approximate surface area is 94.0 Å². The molecule has 1 atom stereocenters. The van der Waals surface area contributed by atoms with Crippen LogP contribution in [0.2, 0.25) is 0 Å². The van der Waals surface area contributed by atoms with E-state index in [4.69, 9.17) is 5.73 Å². The molecule has 1 aliphatic heterocycles. The molecule has 1 unspecified atom stereocenters. The standard InChI is InChI=1S/C12H16F2N2/c1-8-3-2-4-16(8)12-10(13)5-9(7-15)6-11(12)14/h5-6,8H,2-4,7,15H2,1H3. The van der Waals surface area contributed by atoms with Crippen LogP contribution in [0.5, 0.6) is 0 Å². The van der Waals surface area contributed by atoms with Gasteiger partial charge in [-0.05, 0) is 37.5 Å². The van der Waals surface area contributed by atoms with Crippen LogP contribution in [-0.2, 0) is 6.54 Å². The van der Waals surface area contributed by atoms with Gasteiger partial charge >= 0.3 is 0 Å². The predicted octanol–water partition coefficient (Wildman–Crippen LogP) is 2.41. The molecule has 0 aliphatic carbocycles. The number of benzene rings is 1. The molecule has 2 rings (SSSR count). The largest absolute Gasteiger partial charge is 0.364 e. The van der Waals surface area contributed by atoms with E-state index < -0.39 is 11.6 Å². The second-order valence-corrected chi connectivity index (χ2v) is 4.30. The maximum absolute atomic E-state index is 13.8. The molecule has 16 heavy (non-hydrogen) atoms. The molecule has 1 aliphatic rings. The van der Waals surface area contributed by atoms with E-state index in [9.17, 15) is 8.78 Å². The third-order valence-electron chi connectivity index (χ3n) is 3.15. The summed E-state index contributed by atoms with van der Waals surface area (Å²) in [7, 11) is 0. The first-order chi connectivity index (χ1) is 7.63. The van der Waals surface area contributed by atoms with Crippen LogP contribution in [0.25, 0.3) is 0 Å². The Bertz CT molecular complexity index is 370. The van der Waals surface area contributed by atoms with Gasteiger partial charge in [0, 0.05) is 19.1 Å². The molecular weight excluding hydrogens is 210 g/mol. The highest BCUT2D eigenvalue weighted by molar-refractivity contribution is 5.52. The summed E-state index contributed by atoms with van der Waals surface area (Å²) in [5.74, 6) is -1.01. The number of nitrogens with zero attached hydrogens (tertiary/aromatic N) is 1. The summed E-state index contributed by atoms with van der Waals surface area (Å²) in [5.41, 5.74) is 5.96. The Morgan fingerprint density at radius 1 is 1.38 bits per heavy atom. The summed E-state index contributed by atoms with van der Waals surface area (Å²) in [6.07, 6.45) is 1.97. The Balaban J connectivity index is 2.40. The third-order valence-corrected chi connectivity index (χ3v) is 3.15. The van der Waals surface area contributed by atoms with E-state index in [1.165, 1.54) is 12.1 Å². The molecule has 1 saturated heterocycles. The average Bonchev–Trinajstić information content (AvgIpc) is 2.64. The summed E-state index contributed by atoms with van der Waals surface area (Å²) in [6.45, 7) is 2.86. The summed E-state index contributed by atoms with van der Waals surface area (Å²) < 4.78 is 27.6. The minimum atomic E-state index is -0.505. The lowest BCUT2D eigenvalue weighted by molar-refractivity contribution is 0.564. The zero-order valence-electron chi connectivity index (χ0n) is 9.34. The summed E-state index contributed by atoms with van der Waals surface area (Å²) in [4.78, 5) is 1.80. The van der Waals surface area contributed by atoms with Crippen LogP contribution in [0.1, 0.15) is 25.3 Å². The van der Waals surface area contributed by atoms with Crippen LogP contribution >= 0.6 is 0 Å². The molecule has 1 heterocycles. The van der Waals surface area contributed by atoms with Crippen LogP contribution in [0, 0.1) is 11.6 Å². The fourth-order valence-corrected chi connectivity index (χ4v) is 2.28. The third kappa shape index (κ3) is 1.89. The Kier molecular flexibility index (Phi) is 3.10. The first-order valence-corrected chi connectivity index (χ1v) is 5.58. The van der Waals surface area contributed by atoms with Gasteiger partial charge in [0.05, 0.1) is 0 Å². The molecule has 2 nitrogen and oxygen atoms in total. The molecule has 0 amide bonds. The molecule has 4 heteroatoms. The van der Waals surface area contributed by atoms with Crippen molar-refractivity contribution < 1.29 is 8.78 Å². The van der Waals surface area contributed by atoms with Gasteiger partial charge < -0.3 is 10.6 Å². The number of hydrogen-bond acceptors (Lipinski definition) is 2. The molecule has 0 saturated carbocycles. The van der Waals surface area contributed by atoms with Crippen LogP contribution in [0.15, 0.2) is 12.1 Å². The van der Waals surface area contributed by atoms with Crippen molar-refractivity contribution in [2.45, 2.75) is 32.4 Å². The number of nitrogens with two attached hydrogens (primary N) is 1.